The molecule has 0 radical (unpaired) electrons. The van der Waals surface area contributed by atoms with E-state index in [0.29, 0.717) is 17.9 Å². The minimum Gasteiger partial charge on any atom is -0.479 e. The van der Waals surface area contributed by atoms with Gasteiger partial charge in [-0.15, -0.1) is 0 Å². The lowest BCUT2D eigenvalue weighted by Crippen LogP contribution is -2.50. The van der Waals surface area contributed by atoms with Gasteiger partial charge in [-0.05, 0) is 36.8 Å². The van der Waals surface area contributed by atoms with Crippen LogP contribution in [0.3, 0.4) is 0 Å². The van der Waals surface area contributed by atoms with Gasteiger partial charge in [0.1, 0.15) is 11.4 Å². The second-order valence-electron chi connectivity index (χ2n) is 4.18. The van der Waals surface area contributed by atoms with Gasteiger partial charge >= 0.3 is 5.97 Å². The fraction of sp³-hybridized carbons (Fsp3) is 0.417. The molecule has 5 heteroatoms. The third-order valence-electron chi connectivity index (χ3n) is 2.86. The van der Waals surface area contributed by atoms with E-state index in [-0.39, 0.29) is 5.82 Å². The van der Waals surface area contributed by atoms with Crippen LogP contribution in [0.2, 0.25) is 0 Å². The summed E-state index contributed by atoms with van der Waals surface area (Å²) in [4.78, 5) is 11.4. The number of carboxylic acid groups (broad SMARTS) is 1. The minimum absolute atomic E-state index is 0.362. The van der Waals surface area contributed by atoms with E-state index < -0.39 is 11.5 Å². The topological polar surface area (TPSA) is 49.3 Å². The lowest BCUT2D eigenvalue weighted by Gasteiger charge is -2.34. The first kappa shape index (κ1) is 12.2. The summed E-state index contributed by atoms with van der Waals surface area (Å²) < 4.78 is 13.1. The van der Waals surface area contributed by atoms with Crippen LogP contribution in [0.15, 0.2) is 24.3 Å². The molecule has 1 atom stereocenters. The molecule has 1 heterocycles. The van der Waals surface area contributed by atoms with Crippen molar-refractivity contribution < 1.29 is 14.3 Å². The smallest absolute Gasteiger partial charge is 0.330 e. The number of hydrogen-bond donors (Lipinski definition) is 2. The third-order valence-corrected chi connectivity index (χ3v) is 4.13. The van der Waals surface area contributed by atoms with E-state index in [1.165, 1.54) is 12.1 Å². The Morgan fingerprint density at radius 1 is 1.53 bits per heavy atom. The van der Waals surface area contributed by atoms with Crippen molar-refractivity contribution in [2.75, 3.05) is 16.8 Å². The minimum atomic E-state index is -0.962. The van der Waals surface area contributed by atoms with Crippen molar-refractivity contribution in [1.82, 2.24) is 0 Å². The number of rotatable bonds is 3. The summed E-state index contributed by atoms with van der Waals surface area (Å²) in [6, 6.07) is 5.93. The fourth-order valence-electron chi connectivity index (χ4n) is 1.96. The van der Waals surface area contributed by atoms with Crippen LogP contribution in [0, 0.1) is 5.82 Å². The number of thioether (sulfide) groups is 1. The average Bonchev–Trinajstić information content (AvgIpc) is 2.30. The Hall–Kier alpha value is -1.23. The fourth-order valence-corrected chi connectivity index (χ4v) is 3.14. The summed E-state index contributed by atoms with van der Waals surface area (Å²) in [6.07, 6.45) is 1.44. The number of hydrogen-bond acceptors (Lipinski definition) is 3. The van der Waals surface area contributed by atoms with Crippen LogP contribution in [0.4, 0.5) is 10.1 Å². The van der Waals surface area contributed by atoms with Crippen LogP contribution < -0.4 is 5.32 Å². The molecule has 0 aromatic heterocycles. The van der Waals surface area contributed by atoms with Gasteiger partial charge in [-0.25, -0.2) is 9.18 Å². The molecule has 2 N–H and O–H groups in total. The van der Waals surface area contributed by atoms with Gasteiger partial charge in [0.25, 0.3) is 0 Å². The number of anilines is 1. The highest BCUT2D eigenvalue weighted by atomic mass is 32.2. The quantitative estimate of drug-likeness (QED) is 0.871. The van der Waals surface area contributed by atoms with Gasteiger partial charge in [0.05, 0.1) is 0 Å². The molecule has 3 nitrogen and oxygen atoms in total. The summed E-state index contributed by atoms with van der Waals surface area (Å²) in [7, 11) is 0. The van der Waals surface area contributed by atoms with Gasteiger partial charge in [0, 0.05) is 11.4 Å². The molecular formula is C12H14FNO2S. The summed E-state index contributed by atoms with van der Waals surface area (Å²) in [5.74, 6) is 0.270. The molecule has 1 fully saturated rings. The van der Waals surface area contributed by atoms with E-state index in [1.54, 1.807) is 23.9 Å². The molecule has 1 aromatic carbocycles. The number of nitrogens with one attached hydrogen (secondary N) is 1. The first-order valence-corrected chi connectivity index (χ1v) is 6.63. The van der Waals surface area contributed by atoms with Crippen molar-refractivity contribution in [3.05, 3.63) is 30.1 Å². The molecular weight excluding hydrogens is 241 g/mol. The molecule has 0 aliphatic carbocycles. The Kier molecular flexibility index (Phi) is 3.57. The Balaban J connectivity index is 2.20. The predicted molar refractivity (Wildman–Crippen MR) is 66.9 cm³/mol. The van der Waals surface area contributed by atoms with Gasteiger partial charge in [0.2, 0.25) is 0 Å². The van der Waals surface area contributed by atoms with Gasteiger partial charge < -0.3 is 10.4 Å². The highest BCUT2D eigenvalue weighted by molar-refractivity contribution is 7.99. The van der Waals surface area contributed by atoms with Gasteiger partial charge in [0.15, 0.2) is 0 Å². The van der Waals surface area contributed by atoms with E-state index in [4.69, 9.17) is 0 Å². The van der Waals surface area contributed by atoms with E-state index >= 15 is 0 Å². The second kappa shape index (κ2) is 4.96. The van der Waals surface area contributed by atoms with Crippen LogP contribution in [0.5, 0.6) is 0 Å². The van der Waals surface area contributed by atoms with Crippen molar-refractivity contribution in [2.24, 2.45) is 0 Å². The normalized spacial score (nSPS) is 24.3. The van der Waals surface area contributed by atoms with Crippen LogP contribution in [0.1, 0.15) is 12.8 Å². The maximum Gasteiger partial charge on any atom is 0.330 e. The van der Waals surface area contributed by atoms with Crippen LogP contribution in [-0.4, -0.2) is 28.1 Å². The molecule has 1 aliphatic rings. The molecule has 1 aromatic rings. The number of carboxylic acids is 1. The Labute approximate surface area is 103 Å². The molecule has 1 aliphatic heterocycles. The molecule has 17 heavy (non-hydrogen) atoms. The number of aliphatic carboxylic acids is 1. The van der Waals surface area contributed by atoms with Crippen LogP contribution >= 0.6 is 11.8 Å². The zero-order valence-corrected chi connectivity index (χ0v) is 10.1. The van der Waals surface area contributed by atoms with Crippen LogP contribution in [0.25, 0.3) is 0 Å². The predicted octanol–water partition coefficient (Wildman–Crippen LogP) is 2.59. The molecule has 1 saturated heterocycles. The molecule has 1 unspecified atom stereocenters. The molecule has 0 saturated carbocycles. The van der Waals surface area contributed by atoms with Gasteiger partial charge in [-0.3, -0.25) is 0 Å². The Morgan fingerprint density at radius 3 is 2.94 bits per heavy atom. The zero-order valence-electron chi connectivity index (χ0n) is 9.28. The molecule has 0 amide bonds. The van der Waals surface area contributed by atoms with E-state index in [1.807, 2.05) is 0 Å². The molecule has 2 rings (SSSR count). The second-order valence-corrected chi connectivity index (χ2v) is 5.28. The van der Waals surface area contributed by atoms with E-state index in [2.05, 4.69) is 5.32 Å². The van der Waals surface area contributed by atoms with Crippen molar-refractivity contribution in [2.45, 2.75) is 18.4 Å². The summed E-state index contributed by atoms with van der Waals surface area (Å²) in [6.45, 7) is 0. The summed E-state index contributed by atoms with van der Waals surface area (Å²) >= 11 is 1.62. The summed E-state index contributed by atoms with van der Waals surface area (Å²) in [5, 5.41) is 12.3. The molecule has 0 bridgehead atoms. The van der Waals surface area contributed by atoms with Crippen molar-refractivity contribution in [3.63, 3.8) is 0 Å². The number of carbonyl (C=O) groups is 1. The van der Waals surface area contributed by atoms with E-state index in [9.17, 15) is 14.3 Å². The largest absolute Gasteiger partial charge is 0.479 e. The lowest BCUT2D eigenvalue weighted by atomic mass is 9.95. The first-order chi connectivity index (χ1) is 8.12. The highest BCUT2D eigenvalue weighted by Crippen LogP contribution is 2.30. The van der Waals surface area contributed by atoms with Gasteiger partial charge in [-0.1, -0.05) is 6.07 Å². The SMILES string of the molecule is O=C(O)C1(Nc2cccc(F)c2)CCCSC1. The van der Waals surface area contributed by atoms with Crippen molar-refractivity contribution >= 4 is 23.4 Å². The summed E-state index contributed by atoms with van der Waals surface area (Å²) in [5.41, 5.74) is -0.439. The Bertz CT molecular complexity index is 419. The molecule has 0 spiro atoms. The van der Waals surface area contributed by atoms with E-state index in [0.717, 1.165) is 12.2 Å². The zero-order chi connectivity index (χ0) is 12.3. The van der Waals surface area contributed by atoms with Crippen molar-refractivity contribution in [1.29, 1.82) is 0 Å². The third kappa shape index (κ3) is 2.72. The monoisotopic (exact) mass is 255 g/mol. The standard InChI is InChI=1S/C12H14FNO2S/c13-9-3-1-4-10(7-9)14-12(11(15)16)5-2-6-17-8-12/h1,3-4,7,14H,2,5-6,8H2,(H,15,16). The first-order valence-electron chi connectivity index (χ1n) is 5.47. The lowest BCUT2D eigenvalue weighted by molar-refractivity contribution is -0.141. The van der Waals surface area contributed by atoms with Gasteiger partial charge in [-0.2, -0.15) is 11.8 Å². The average molecular weight is 255 g/mol. The van der Waals surface area contributed by atoms with Crippen LogP contribution in [-0.2, 0) is 4.79 Å². The Morgan fingerprint density at radius 2 is 2.35 bits per heavy atom. The molecule has 92 valence electrons. The maximum absolute atomic E-state index is 13.1. The highest BCUT2D eigenvalue weighted by Gasteiger charge is 2.40. The number of halogens is 1. The van der Waals surface area contributed by atoms with Crippen molar-refractivity contribution in [3.8, 4) is 0 Å². The number of benzene rings is 1. The maximum atomic E-state index is 13.1.